The van der Waals surface area contributed by atoms with E-state index in [9.17, 15) is 4.79 Å². The highest BCUT2D eigenvalue weighted by Gasteiger charge is 2.21. The summed E-state index contributed by atoms with van der Waals surface area (Å²) in [6.45, 7) is 1.43. The van der Waals surface area contributed by atoms with Crippen LogP contribution in [-0.4, -0.2) is 18.5 Å². The first-order chi connectivity index (χ1) is 8.74. The highest BCUT2D eigenvalue weighted by molar-refractivity contribution is 7.19. The van der Waals surface area contributed by atoms with Crippen molar-refractivity contribution in [3.63, 3.8) is 0 Å². The number of hydrogen-bond donors (Lipinski definition) is 2. The first-order valence-electron chi connectivity index (χ1n) is 5.90. The first kappa shape index (κ1) is 12.0. The highest BCUT2D eigenvalue weighted by atomic mass is 35.5. The van der Waals surface area contributed by atoms with Gasteiger partial charge in [-0.1, -0.05) is 29.8 Å². The van der Waals surface area contributed by atoms with Gasteiger partial charge in [0.1, 0.15) is 0 Å². The first-order valence-corrected chi connectivity index (χ1v) is 7.09. The maximum atomic E-state index is 11.1. The van der Waals surface area contributed by atoms with Crippen molar-refractivity contribution >= 4 is 38.9 Å². The summed E-state index contributed by atoms with van der Waals surface area (Å²) < 4.78 is 1.21. The van der Waals surface area contributed by atoms with Crippen molar-refractivity contribution in [2.75, 3.05) is 6.54 Å². The summed E-state index contributed by atoms with van der Waals surface area (Å²) in [5.41, 5.74) is 0. The van der Waals surface area contributed by atoms with Crippen LogP contribution in [0.15, 0.2) is 24.3 Å². The number of fused-ring (bicyclic) bond motifs is 1. The Kier molecular flexibility index (Phi) is 3.24. The Morgan fingerprint density at radius 3 is 3.00 bits per heavy atom. The largest absolute Gasteiger partial charge is 0.354 e. The number of carbonyl (C=O) groups is 1. The zero-order valence-corrected chi connectivity index (χ0v) is 11.3. The number of benzene rings is 1. The number of nitrogens with one attached hydrogen (secondary N) is 2. The van der Waals surface area contributed by atoms with Crippen molar-refractivity contribution in [3.8, 4) is 0 Å². The molecular formula is C13H13ClN2OS. The Balaban J connectivity index is 1.74. The molecule has 1 aliphatic heterocycles. The van der Waals surface area contributed by atoms with Gasteiger partial charge >= 0.3 is 0 Å². The molecule has 0 aliphatic carbocycles. The van der Waals surface area contributed by atoms with E-state index in [1.54, 1.807) is 11.3 Å². The molecule has 1 aliphatic rings. The molecule has 0 spiro atoms. The Labute approximate surface area is 114 Å². The standard InChI is InChI=1S/C13H13ClN2OS/c14-13-9-3-1-2-4-10(9)18-11(13)7-15-8-5-12(17)16-6-8/h1-4,8,15H,5-7H2,(H,16,17). The summed E-state index contributed by atoms with van der Waals surface area (Å²) in [6, 6.07) is 8.36. The van der Waals surface area contributed by atoms with Gasteiger partial charge in [0, 0.05) is 40.5 Å². The van der Waals surface area contributed by atoms with Crippen molar-refractivity contribution in [1.82, 2.24) is 10.6 Å². The van der Waals surface area contributed by atoms with Crippen molar-refractivity contribution in [3.05, 3.63) is 34.2 Å². The van der Waals surface area contributed by atoms with Gasteiger partial charge in [-0.25, -0.2) is 0 Å². The molecule has 18 heavy (non-hydrogen) atoms. The Hall–Kier alpha value is -1.10. The summed E-state index contributed by atoms with van der Waals surface area (Å²) in [6.07, 6.45) is 0.558. The molecule has 3 rings (SSSR count). The third-order valence-corrected chi connectivity index (χ3v) is 4.84. The lowest BCUT2D eigenvalue weighted by molar-refractivity contribution is -0.119. The molecule has 94 valence electrons. The molecule has 1 amide bonds. The van der Waals surface area contributed by atoms with Gasteiger partial charge in [-0.2, -0.15) is 0 Å². The average molecular weight is 281 g/mol. The van der Waals surface area contributed by atoms with E-state index in [4.69, 9.17) is 11.6 Å². The van der Waals surface area contributed by atoms with E-state index in [2.05, 4.69) is 16.7 Å². The molecule has 1 saturated heterocycles. The van der Waals surface area contributed by atoms with Crippen LogP contribution in [0.4, 0.5) is 0 Å². The molecule has 3 nitrogen and oxygen atoms in total. The van der Waals surface area contributed by atoms with Crippen LogP contribution in [0.2, 0.25) is 5.02 Å². The zero-order chi connectivity index (χ0) is 12.5. The summed E-state index contributed by atoms with van der Waals surface area (Å²) in [5, 5.41) is 8.14. The van der Waals surface area contributed by atoms with E-state index in [1.165, 1.54) is 4.70 Å². The van der Waals surface area contributed by atoms with Gasteiger partial charge in [0.2, 0.25) is 5.91 Å². The van der Waals surface area contributed by atoms with Gasteiger partial charge < -0.3 is 10.6 Å². The minimum absolute atomic E-state index is 0.120. The minimum Gasteiger partial charge on any atom is -0.354 e. The van der Waals surface area contributed by atoms with E-state index in [-0.39, 0.29) is 11.9 Å². The number of hydrogen-bond acceptors (Lipinski definition) is 3. The molecular weight excluding hydrogens is 268 g/mol. The Bertz CT molecular complexity index is 596. The summed E-state index contributed by atoms with van der Waals surface area (Å²) in [5.74, 6) is 0.120. The molecule has 1 aromatic heterocycles. The Morgan fingerprint density at radius 1 is 1.44 bits per heavy atom. The lowest BCUT2D eigenvalue weighted by Gasteiger charge is -2.08. The van der Waals surface area contributed by atoms with E-state index < -0.39 is 0 Å². The van der Waals surface area contributed by atoms with E-state index >= 15 is 0 Å². The topological polar surface area (TPSA) is 41.1 Å². The molecule has 2 heterocycles. The van der Waals surface area contributed by atoms with Crippen LogP contribution >= 0.6 is 22.9 Å². The normalized spacial score (nSPS) is 19.4. The van der Waals surface area contributed by atoms with Gasteiger partial charge in [-0.05, 0) is 6.07 Å². The quantitative estimate of drug-likeness (QED) is 0.907. The average Bonchev–Trinajstić information content (AvgIpc) is 2.92. The molecule has 2 N–H and O–H groups in total. The number of rotatable bonds is 3. The maximum absolute atomic E-state index is 11.1. The third-order valence-electron chi connectivity index (χ3n) is 3.13. The molecule has 2 aromatic rings. The van der Waals surface area contributed by atoms with Gasteiger partial charge in [0.25, 0.3) is 0 Å². The summed E-state index contributed by atoms with van der Waals surface area (Å²) >= 11 is 8.07. The summed E-state index contributed by atoms with van der Waals surface area (Å²) in [7, 11) is 0. The molecule has 5 heteroatoms. The van der Waals surface area contributed by atoms with E-state index in [0.717, 1.165) is 21.8 Å². The SMILES string of the molecule is O=C1CC(NCc2sc3ccccc3c2Cl)CN1. The van der Waals surface area contributed by atoms with E-state index in [0.29, 0.717) is 13.0 Å². The molecule has 1 aromatic carbocycles. The molecule has 0 saturated carbocycles. The van der Waals surface area contributed by atoms with Gasteiger partial charge in [0.05, 0.1) is 5.02 Å². The summed E-state index contributed by atoms with van der Waals surface area (Å²) in [4.78, 5) is 12.2. The maximum Gasteiger partial charge on any atom is 0.221 e. The smallest absolute Gasteiger partial charge is 0.221 e. The fourth-order valence-electron chi connectivity index (χ4n) is 2.16. The van der Waals surface area contributed by atoms with Gasteiger partial charge in [-0.3, -0.25) is 4.79 Å². The number of carbonyl (C=O) groups excluding carboxylic acids is 1. The predicted octanol–water partition coefficient (Wildman–Crippen LogP) is 2.53. The number of thiophene rings is 1. The minimum atomic E-state index is 0.120. The van der Waals surface area contributed by atoms with Crippen molar-refractivity contribution in [1.29, 1.82) is 0 Å². The van der Waals surface area contributed by atoms with Crippen molar-refractivity contribution in [2.24, 2.45) is 0 Å². The van der Waals surface area contributed by atoms with Gasteiger partial charge in [0.15, 0.2) is 0 Å². The fourth-order valence-corrected chi connectivity index (χ4v) is 3.62. The zero-order valence-electron chi connectivity index (χ0n) is 9.70. The Morgan fingerprint density at radius 2 is 2.28 bits per heavy atom. The molecule has 0 radical (unpaired) electrons. The van der Waals surface area contributed by atoms with Crippen LogP contribution in [0.25, 0.3) is 10.1 Å². The van der Waals surface area contributed by atoms with Crippen molar-refractivity contribution in [2.45, 2.75) is 19.0 Å². The number of amides is 1. The van der Waals surface area contributed by atoms with Crippen LogP contribution in [0, 0.1) is 0 Å². The second-order valence-electron chi connectivity index (χ2n) is 4.42. The lowest BCUT2D eigenvalue weighted by atomic mass is 10.2. The lowest BCUT2D eigenvalue weighted by Crippen LogP contribution is -2.30. The van der Waals surface area contributed by atoms with Crippen LogP contribution in [-0.2, 0) is 11.3 Å². The van der Waals surface area contributed by atoms with Crippen molar-refractivity contribution < 1.29 is 4.79 Å². The third kappa shape index (κ3) is 2.23. The monoisotopic (exact) mass is 280 g/mol. The molecule has 1 atom stereocenters. The number of halogens is 1. The predicted molar refractivity (Wildman–Crippen MR) is 75.1 cm³/mol. The highest BCUT2D eigenvalue weighted by Crippen LogP contribution is 2.35. The van der Waals surface area contributed by atoms with E-state index in [1.807, 2.05) is 18.2 Å². The molecule has 0 bridgehead atoms. The molecule has 1 unspecified atom stereocenters. The van der Waals surface area contributed by atoms with Crippen LogP contribution in [0.3, 0.4) is 0 Å². The fraction of sp³-hybridized carbons (Fsp3) is 0.308. The molecule has 1 fully saturated rings. The van der Waals surface area contributed by atoms with Crippen LogP contribution in [0.5, 0.6) is 0 Å². The van der Waals surface area contributed by atoms with Crippen LogP contribution in [0.1, 0.15) is 11.3 Å². The van der Waals surface area contributed by atoms with Crippen LogP contribution < -0.4 is 10.6 Å². The second kappa shape index (κ2) is 4.88. The van der Waals surface area contributed by atoms with Gasteiger partial charge in [-0.15, -0.1) is 11.3 Å². The second-order valence-corrected chi connectivity index (χ2v) is 5.94.